The summed E-state index contributed by atoms with van der Waals surface area (Å²) in [4.78, 5) is 41.3. The van der Waals surface area contributed by atoms with Gasteiger partial charge >= 0.3 is 0 Å². The van der Waals surface area contributed by atoms with Crippen molar-refractivity contribution < 1.29 is 24.6 Å². The molecule has 0 unspecified atom stereocenters. The number of hydrogen-bond donors (Lipinski definition) is 3. The minimum Gasteiger partial charge on any atom is -0.507 e. The molecular formula is C21H13N3O5. The molecule has 0 fully saturated rings. The van der Waals surface area contributed by atoms with E-state index in [0.29, 0.717) is 5.56 Å². The molecular weight excluding hydrogens is 374 g/mol. The monoisotopic (exact) mass is 387 g/mol. The molecule has 1 aromatic heterocycles. The fourth-order valence-corrected chi connectivity index (χ4v) is 3.10. The quantitative estimate of drug-likeness (QED) is 0.280. The van der Waals surface area contributed by atoms with E-state index in [9.17, 15) is 24.6 Å². The number of rotatable bonds is 3. The average Bonchev–Trinajstić information content (AvgIpc) is 2.74. The summed E-state index contributed by atoms with van der Waals surface area (Å²) >= 11 is 0. The zero-order chi connectivity index (χ0) is 20.5. The predicted octanol–water partition coefficient (Wildman–Crippen LogP) is 2.03. The number of carbonyl (C=O) groups is 3. The molecule has 0 radical (unpaired) electrons. The van der Waals surface area contributed by atoms with Crippen molar-refractivity contribution in [2.75, 3.05) is 0 Å². The van der Waals surface area contributed by atoms with Gasteiger partial charge in [-0.1, -0.05) is 24.3 Å². The van der Waals surface area contributed by atoms with Crippen LogP contribution in [0, 0.1) is 0 Å². The van der Waals surface area contributed by atoms with Crippen molar-refractivity contribution in [2.24, 2.45) is 5.10 Å². The first-order chi connectivity index (χ1) is 14.0. The number of nitrogens with one attached hydrogen (secondary N) is 1. The summed E-state index contributed by atoms with van der Waals surface area (Å²) in [5.41, 5.74) is 2.30. The van der Waals surface area contributed by atoms with Crippen LogP contribution in [0.2, 0.25) is 0 Å². The normalized spacial score (nSPS) is 12.6. The zero-order valence-corrected chi connectivity index (χ0v) is 14.8. The highest BCUT2D eigenvalue weighted by Crippen LogP contribution is 2.39. The summed E-state index contributed by atoms with van der Waals surface area (Å²) < 4.78 is 0. The van der Waals surface area contributed by atoms with E-state index in [4.69, 9.17) is 0 Å². The maximum atomic E-state index is 12.8. The second-order valence-corrected chi connectivity index (χ2v) is 6.22. The van der Waals surface area contributed by atoms with Crippen LogP contribution in [0.15, 0.2) is 60.0 Å². The molecule has 0 aliphatic heterocycles. The molecule has 29 heavy (non-hydrogen) atoms. The summed E-state index contributed by atoms with van der Waals surface area (Å²) in [6, 6.07) is 10.3. The smallest absolute Gasteiger partial charge is 0.271 e. The van der Waals surface area contributed by atoms with E-state index >= 15 is 0 Å². The molecule has 0 spiro atoms. The number of benzene rings is 2. The lowest BCUT2D eigenvalue weighted by molar-refractivity contribution is 0.0954. The van der Waals surface area contributed by atoms with Gasteiger partial charge in [0.25, 0.3) is 5.91 Å². The SMILES string of the molecule is O=C(N/N=C/c1cc(O)c2c(c1O)C(=O)c1ccccc1C2=O)c1ccncc1. The Morgan fingerprint density at radius 2 is 1.59 bits per heavy atom. The number of fused-ring (bicyclic) bond motifs is 2. The van der Waals surface area contributed by atoms with Crippen LogP contribution in [0.5, 0.6) is 11.5 Å². The molecule has 0 atom stereocenters. The number of carbonyl (C=O) groups excluding carboxylic acids is 3. The van der Waals surface area contributed by atoms with E-state index in [0.717, 1.165) is 12.3 Å². The Labute approximate surface area is 164 Å². The van der Waals surface area contributed by atoms with E-state index in [-0.39, 0.29) is 27.8 Å². The number of phenols is 2. The number of hydrogen-bond acceptors (Lipinski definition) is 7. The Morgan fingerprint density at radius 1 is 0.966 bits per heavy atom. The fourth-order valence-electron chi connectivity index (χ4n) is 3.10. The van der Waals surface area contributed by atoms with Gasteiger partial charge in [-0.3, -0.25) is 19.4 Å². The van der Waals surface area contributed by atoms with Crippen molar-refractivity contribution in [1.29, 1.82) is 0 Å². The van der Waals surface area contributed by atoms with Gasteiger partial charge in [0.05, 0.1) is 17.3 Å². The molecule has 0 bridgehead atoms. The van der Waals surface area contributed by atoms with Gasteiger partial charge in [-0.15, -0.1) is 0 Å². The first kappa shape index (κ1) is 18.1. The number of hydrazone groups is 1. The Bertz CT molecular complexity index is 1200. The van der Waals surface area contributed by atoms with Crippen LogP contribution in [0.4, 0.5) is 0 Å². The highest BCUT2D eigenvalue weighted by molar-refractivity contribution is 6.30. The van der Waals surface area contributed by atoms with E-state index in [2.05, 4.69) is 15.5 Å². The highest BCUT2D eigenvalue weighted by atomic mass is 16.3. The van der Waals surface area contributed by atoms with Gasteiger partial charge < -0.3 is 10.2 Å². The standard InChI is InChI=1S/C21H13N3O5/c25-15-9-12(10-23-24-21(29)11-5-7-22-8-6-11)18(26)17-16(15)19(27)13-3-1-2-4-14(13)20(17)28/h1-10,25-26H,(H,24,29)/b23-10+. The molecule has 142 valence electrons. The summed E-state index contributed by atoms with van der Waals surface area (Å²) in [7, 11) is 0. The lowest BCUT2D eigenvalue weighted by atomic mass is 9.82. The van der Waals surface area contributed by atoms with Gasteiger partial charge in [-0.25, -0.2) is 5.43 Å². The molecule has 1 amide bonds. The van der Waals surface area contributed by atoms with Gasteiger partial charge in [-0.2, -0.15) is 5.10 Å². The maximum Gasteiger partial charge on any atom is 0.271 e. The van der Waals surface area contributed by atoms with Gasteiger partial charge in [-0.05, 0) is 18.2 Å². The molecule has 1 heterocycles. The van der Waals surface area contributed by atoms with E-state index < -0.39 is 29.0 Å². The molecule has 2 aromatic carbocycles. The molecule has 3 aromatic rings. The Balaban J connectivity index is 1.69. The van der Waals surface area contributed by atoms with Crippen LogP contribution in [-0.4, -0.2) is 38.9 Å². The predicted molar refractivity (Wildman–Crippen MR) is 102 cm³/mol. The third kappa shape index (κ3) is 3.02. The lowest BCUT2D eigenvalue weighted by Gasteiger charge is -2.20. The largest absolute Gasteiger partial charge is 0.507 e. The first-order valence-corrected chi connectivity index (χ1v) is 8.50. The number of aromatic nitrogens is 1. The Morgan fingerprint density at radius 3 is 2.24 bits per heavy atom. The molecule has 1 aliphatic rings. The zero-order valence-electron chi connectivity index (χ0n) is 14.8. The van der Waals surface area contributed by atoms with Gasteiger partial charge in [0.15, 0.2) is 11.6 Å². The second-order valence-electron chi connectivity index (χ2n) is 6.22. The van der Waals surface area contributed by atoms with Gasteiger partial charge in [0.1, 0.15) is 11.5 Å². The number of pyridine rings is 1. The molecule has 3 N–H and O–H groups in total. The van der Waals surface area contributed by atoms with E-state index in [1.54, 1.807) is 12.1 Å². The molecule has 0 saturated heterocycles. The van der Waals surface area contributed by atoms with Crippen molar-refractivity contribution in [2.45, 2.75) is 0 Å². The van der Waals surface area contributed by atoms with Crippen molar-refractivity contribution in [3.05, 3.63) is 88.2 Å². The second kappa shape index (κ2) is 7.01. The van der Waals surface area contributed by atoms with Crippen LogP contribution < -0.4 is 5.43 Å². The summed E-state index contributed by atoms with van der Waals surface area (Å²) in [5, 5.41) is 24.6. The molecule has 0 saturated carbocycles. The number of nitrogens with zero attached hydrogens (tertiary/aromatic N) is 2. The van der Waals surface area contributed by atoms with Gasteiger partial charge in [0.2, 0.25) is 0 Å². The topological polar surface area (TPSA) is 129 Å². The maximum absolute atomic E-state index is 12.8. The summed E-state index contributed by atoms with van der Waals surface area (Å²) in [5.74, 6) is -2.62. The fraction of sp³-hybridized carbons (Fsp3) is 0. The van der Waals surface area contributed by atoms with Crippen molar-refractivity contribution in [1.82, 2.24) is 10.4 Å². The van der Waals surface area contributed by atoms with Crippen LogP contribution >= 0.6 is 0 Å². The minimum absolute atomic E-state index is 0.0307. The number of ketones is 2. The van der Waals surface area contributed by atoms with Gasteiger partial charge in [0, 0.05) is 34.6 Å². The molecule has 8 heteroatoms. The van der Waals surface area contributed by atoms with Crippen LogP contribution in [0.25, 0.3) is 0 Å². The minimum atomic E-state index is -0.584. The van der Waals surface area contributed by atoms with E-state index in [1.807, 2.05) is 0 Å². The van der Waals surface area contributed by atoms with E-state index in [1.165, 1.54) is 36.7 Å². The lowest BCUT2D eigenvalue weighted by Crippen LogP contribution is -2.22. The van der Waals surface area contributed by atoms with Crippen LogP contribution in [-0.2, 0) is 0 Å². The molecule has 4 rings (SSSR count). The van der Waals surface area contributed by atoms with Crippen molar-refractivity contribution >= 4 is 23.7 Å². The van der Waals surface area contributed by atoms with Crippen molar-refractivity contribution in [3.63, 3.8) is 0 Å². The third-order valence-electron chi connectivity index (χ3n) is 4.49. The summed E-state index contributed by atoms with van der Waals surface area (Å²) in [6.45, 7) is 0. The highest BCUT2D eigenvalue weighted by Gasteiger charge is 2.35. The Kier molecular flexibility index (Phi) is 4.36. The molecule has 1 aliphatic carbocycles. The number of aromatic hydroxyl groups is 2. The first-order valence-electron chi connectivity index (χ1n) is 8.50. The average molecular weight is 387 g/mol. The number of amides is 1. The van der Waals surface area contributed by atoms with Crippen molar-refractivity contribution in [3.8, 4) is 11.5 Å². The molecule has 8 nitrogen and oxygen atoms in total. The Hall–Kier alpha value is -4.33. The number of phenolic OH excluding ortho intramolecular Hbond substituents is 2. The summed E-state index contributed by atoms with van der Waals surface area (Å²) in [6.07, 6.45) is 3.98. The van der Waals surface area contributed by atoms with Crippen LogP contribution in [0.3, 0.4) is 0 Å². The van der Waals surface area contributed by atoms with Crippen LogP contribution in [0.1, 0.15) is 47.8 Å². The third-order valence-corrected chi connectivity index (χ3v) is 4.49.